The maximum Gasteiger partial charge on any atom is 0.290 e. The zero-order valence-electron chi connectivity index (χ0n) is 21.2. The largest absolute Gasteiger partial charge is 0.494 e. The Hall–Kier alpha value is -2.87. The normalized spacial score (nSPS) is 17.9. The molecule has 3 heterocycles. The molecule has 1 aromatic heterocycles. The Bertz CT molecular complexity index is 1320. The van der Waals surface area contributed by atoms with Gasteiger partial charge in [0.1, 0.15) is 11.3 Å². The second kappa shape index (κ2) is 11.7. The van der Waals surface area contributed by atoms with Gasteiger partial charge in [0.15, 0.2) is 5.43 Å². The van der Waals surface area contributed by atoms with Crippen molar-refractivity contribution in [2.75, 3.05) is 46.0 Å². The summed E-state index contributed by atoms with van der Waals surface area (Å²) in [5, 5.41) is 0.830. The molecular weight excluding hydrogens is 492 g/mol. The first-order chi connectivity index (χ1) is 18.1. The van der Waals surface area contributed by atoms with E-state index < -0.39 is 6.04 Å². The highest BCUT2D eigenvalue weighted by Gasteiger charge is 2.42. The number of benzene rings is 2. The van der Waals surface area contributed by atoms with E-state index in [9.17, 15) is 9.59 Å². The van der Waals surface area contributed by atoms with Gasteiger partial charge in [0.05, 0.1) is 36.8 Å². The van der Waals surface area contributed by atoms with E-state index in [0.717, 1.165) is 69.8 Å². The summed E-state index contributed by atoms with van der Waals surface area (Å²) in [6.07, 6.45) is 3.99. The van der Waals surface area contributed by atoms with Crippen molar-refractivity contribution < 1.29 is 18.7 Å². The lowest BCUT2D eigenvalue weighted by atomic mass is 9.98. The average molecular weight is 525 g/mol. The maximum absolute atomic E-state index is 13.7. The van der Waals surface area contributed by atoms with Gasteiger partial charge in [0.25, 0.3) is 5.91 Å². The van der Waals surface area contributed by atoms with E-state index in [1.54, 1.807) is 23.1 Å². The monoisotopic (exact) mass is 524 g/mol. The molecule has 1 atom stereocenters. The topological polar surface area (TPSA) is 72.2 Å². The number of halogens is 1. The fourth-order valence-electron chi connectivity index (χ4n) is 5.18. The van der Waals surface area contributed by atoms with E-state index >= 15 is 0 Å². The molecule has 1 saturated heterocycles. The number of carbonyl (C=O) groups excluding carboxylic acids is 1. The molecule has 1 fully saturated rings. The fraction of sp³-hybridized carbons (Fsp3) is 0.448. The zero-order valence-corrected chi connectivity index (χ0v) is 22.0. The minimum Gasteiger partial charge on any atom is -0.494 e. The maximum atomic E-state index is 13.7. The molecule has 1 amide bonds. The van der Waals surface area contributed by atoms with Crippen LogP contribution < -0.4 is 10.2 Å². The summed E-state index contributed by atoms with van der Waals surface area (Å²) < 4.78 is 17.5. The first-order valence-electron chi connectivity index (χ1n) is 13.2. The molecule has 8 heteroatoms. The molecule has 0 spiro atoms. The second-order valence-corrected chi connectivity index (χ2v) is 10.1. The van der Waals surface area contributed by atoms with Gasteiger partial charge >= 0.3 is 0 Å². The molecule has 0 aliphatic carbocycles. The summed E-state index contributed by atoms with van der Waals surface area (Å²) in [6.45, 7) is 7.39. The van der Waals surface area contributed by atoms with Gasteiger partial charge in [-0.1, -0.05) is 43.5 Å². The summed E-state index contributed by atoms with van der Waals surface area (Å²) in [7, 11) is 0. The highest BCUT2D eigenvalue weighted by molar-refractivity contribution is 6.31. The van der Waals surface area contributed by atoms with Gasteiger partial charge in [0, 0.05) is 31.2 Å². The van der Waals surface area contributed by atoms with Crippen LogP contribution in [0.25, 0.3) is 11.0 Å². The number of unbranched alkanes of at least 4 members (excludes halogenated alkanes) is 2. The van der Waals surface area contributed by atoms with Crippen LogP contribution in [0.5, 0.6) is 5.75 Å². The van der Waals surface area contributed by atoms with Crippen LogP contribution >= 0.6 is 11.6 Å². The van der Waals surface area contributed by atoms with Crippen LogP contribution in [0, 0.1) is 0 Å². The molecule has 0 saturated carbocycles. The van der Waals surface area contributed by atoms with Crippen LogP contribution in [0.15, 0.2) is 51.7 Å². The van der Waals surface area contributed by atoms with E-state index in [-0.39, 0.29) is 17.1 Å². The molecule has 2 aliphatic heterocycles. The number of nitrogens with zero attached hydrogens (tertiary/aromatic N) is 2. The number of hydrogen-bond acceptors (Lipinski definition) is 6. The first-order valence-corrected chi connectivity index (χ1v) is 13.5. The summed E-state index contributed by atoms with van der Waals surface area (Å²) in [6, 6.07) is 12.1. The predicted molar refractivity (Wildman–Crippen MR) is 144 cm³/mol. The Morgan fingerprint density at radius 1 is 1.03 bits per heavy atom. The third-order valence-corrected chi connectivity index (χ3v) is 7.33. The van der Waals surface area contributed by atoms with E-state index in [1.165, 1.54) is 0 Å². The minimum absolute atomic E-state index is 0.116. The highest BCUT2D eigenvalue weighted by atomic mass is 35.5. The zero-order chi connectivity index (χ0) is 25.8. The van der Waals surface area contributed by atoms with Crippen LogP contribution in [0.1, 0.15) is 60.3 Å². The highest BCUT2D eigenvalue weighted by Crippen LogP contribution is 2.39. The van der Waals surface area contributed by atoms with Crippen molar-refractivity contribution in [3.63, 3.8) is 0 Å². The van der Waals surface area contributed by atoms with Crippen LogP contribution in [0.4, 0.5) is 0 Å². The number of morpholine rings is 1. The van der Waals surface area contributed by atoms with Crippen molar-refractivity contribution in [2.24, 2.45) is 0 Å². The summed E-state index contributed by atoms with van der Waals surface area (Å²) in [5.41, 5.74) is 1.35. The summed E-state index contributed by atoms with van der Waals surface area (Å²) in [4.78, 5) is 31.5. The van der Waals surface area contributed by atoms with Gasteiger partial charge in [-0.05, 0) is 48.7 Å². The first kappa shape index (κ1) is 25.8. The molecule has 0 radical (unpaired) electrons. The lowest BCUT2D eigenvalue weighted by molar-refractivity contribution is 0.0353. The molecule has 1 unspecified atom stereocenters. The van der Waals surface area contributed by atoms with E-state index in [4.69, 9.17) is 25.5 Å². The molecule has 2 aliphatic rings. The minimum atomic E-state index is -0.550. The third-order valence-electron chi connectivity index (χ3n) is 7.10. The number of hydrogen-bond donors (Lipinski definition) is 0. The molecule has 196 valence electrons. The standard InChI is InChI=1S/C29H33ClN2O5/c1-2-3-4-15-36-22-8-5-7-20(18-22)26-25-27(33)23-19-21(30)9-10-24(23)37-28(25)29(34)32(26)12-6-11-31-13-16-35-17-14-31/h5,7-10,18-19,26H,2-4,6,11-17H2,1H3. The van der Waals surface area contributed by atoms with Gasteiger partial charge in [0.2, 0.25) is 5.76 Å². The molecule has 3 aromatic rings. The van der Waals surface area contributed by atoms with Crippen LogP contribution in [-0.4, -0.2) is 61.7 Å². The van der Waals surface area contributed by atoms with Crippen LogP contribution in [0.3, 0.4) is 0 Å². The van der Waals surface area contributed by atoms with E-state index in [2.05, 4.69) is 11.8 Å². The molecule has 0 N–H and O–H groups in total. The van der Waals surface area contributed by atoms with E-state index in [1.807, 2.05) is 24.3 Å². The van der Waals surface area contributed by atoms with Gasteiger partial charge in [-0.2, -0.15) is 0 Å². The van der Waals surface area contributed by atoms with Gasteiger partial charge in [-0.25, -0.2) is 0 Å². The third kappa shape index (κ3) is 5.54. The Morgan fingerprint density at radius 2 is 1.86 bits per heavy atom. The Morgan fingerprint density at radius 3 is 2.68 bits per heavy atom. The van der Waals surface area contributed by atoms with Crippen molar-refractivity contribution in [2.45, 2.75) is 38.6 Å². The summed E-state index contributed by atoms with van der Waals surface area (Å²) in [5.74, 6) is 0.589. The Kier molecular flexibility index (Phi) is 8.13. The van der Waals surface area contributed by atoms with E-state index in [0.29, 0.717) is 34.7 Å². The SMILES string of the molecule is CCCCCOc1cccc(C2c3c(oc4ccc(Cl)cc4c3=O)C(=O)N2CCCN2CCOCC2)c1. The van der Waals surface area contributed by atoms with Crippen molar-refractivity contribution in [3.05, 3.63) is 74.6 Å². The lowest BCUT2D eigenvalue weighted by Crippen LogP contribution is -2.38. The van der Waals surface area contributed by atoms with Gasteiger partial charge in [-0.15, -0.1) is 0 Å². The van der Waals surface area contributed by atoms with Crippen molar-refractivity contribution in [1.82, 2.24) is 9.80 Å². The second-order valence-electron chi connectivity index (χ2n) is 9.65. The number of ether oxygens (including phenoxy) is 2. The molecular formula is C29H33ClN2O5. The predicted octanol–water partition coefficient (Wildman–Crippen LogP) is 5.28. The van der Waals surface area contributed by atoms with Crippen LogP contribution in [-0.2, 0) is 4.74 Å². The quantitative estimate of drug-likeness (QED) is 0.336. The lowest BCUT2D eigenvalue weighted by Gasteiger charge is -2.29. The Labute approximate surface area is 221 Å². The molecule has 5 rings (SSSR count). The number of fused-ring (bicyclic) bond motifs is 2. The number of carbonyl (C=O) groups is 1. The van der Waals surface area contributed by atoms with Crippen molar-refractivity contribution >= 4 is 28.5 Å². The smallest absolute Gasteiger partial charge is 0.290 e. The van der Waals surface area contributed by atoms with Crippen LogP contribution in [0.2, 0.25) is 5.02 Å². The Balaban J connectivity index is 1.49. The summed E-state index contributed by atoms with van der Waals surface area (Å²) >= 11 is 6.20. The molecule has 0 bridgehead atoms. The molecule has 7 nitrogen and oxygen atoms in total. The molecule has 37 heavy (non-hydrogen) atoms. The van der Waals surface area contributed by atoms with Crippen molar-refractivity contribution in [3.8, 4) is 5.75 Å². The van der Waals surface area contributed by atoms with Gasteiger partial charge < -0.3 is 18.8 Å². The van der Waals surface area contributed by atoms with Crippen molar-refractivity contribution in [1.29, 1.82) is 0 Å². The molecule has 2 aromatic carbocycles. The number of amides is 1. The fourth-order valence-corrected chi connectivity index (χ4v) is 5.35. The number of rotatable bonds is 10. The van der Waals surface area contributed by atoms with Gasteiger partial charge in [-0.3, -0.25) is 14.5 Å². The average Bonchev–Trinajstić information content (AvgIpc) is 3.19.